The Morgan fingerprint density at radius 3 is 2.86 bits per heavy atom. The molecule has 1 aliphatic rings. The minimum absolute atomic E-state index is 0.150. The van der Waals surface area contributed by atoms with E-state index in [9.17, 15) is 4.79 Å². The number of benzene rings is 1. The van der Waals surface area contributed by atoms with E-state index in [0.717, 1.165) is 23.6 Å². The van der Waals surface area contributed by atoms with E-state index in [1.807, 2.05) is 43.3 Å². The first-order valence-electron chi connectivity index (χ1n) is 7.28. The lowest BCUT2D eigenvalue weighted by atomic mass is 9.94. The van der Waals surface area contributed by atoms with Crippen molar-refractivity contribution in [1.29, 1.82) is 0 Å². The maximum absolute atomic E-state index is 12.3. The van der Waals surface area contributed by atoms with Gasteiger partial charge in [0, 0.05) is 25.1 Å². The zero-order valence-electron chi connectivity index (χ0n) is 13.5. The highest BCUT2D eigenvalue weighted by Crippen LogP contribution is 2.30. The third-order valence-electron chi connectivity index (χ3n) is 3.60. The molecular weight excluding hydrogens is 282 g/mol. The van der Waals surface area contributed by atoms with Gasteiger partial charge in [-0.15, -0.1) is 0 Å². The Labute approximate surface area is 131 Å². The van der Waals surface area contributed by atoms with E-state index in [4.69, 9.17) is 9.57 Å². The molecule has 1 aromatic rings. The maximum atomic E-state index is 12.3. The van der Waals surface area contributed by atoms with Crippen molar-refractivity contribution in [3.05, 3.63) is 29.8 Å². The zero-order chi connectivity index (χ0) is 16.2. The minimum atomic E-state index is -0.970. The van der Waals surface area contributed by atoms with Crippen molar-refractivity contribution < 1.29 is 14.4 Å². The number of carbonyl (C=O) groups excluding carboxylic acids is 1. The summed E-state index contributed by atoms with van der Waals surface area (Å²) in [6, 6.07) is 7.58. The Morgan fingerprint density at radius 1 is 1.45 bits per heavy atom. The van der Waals surface area contributed by atoms with E-state index in [1.165, 1.54) is 0 Å². The third kappa shape index (κ3) is 3.57. The molecule has 1 heterocycles. The van der Waals surface area contributed by atoms with Crippen LogP contribution in [0.25, 0.3) is 0 Å². The van der Waals surface area contributed by atoms with Crippen LogP contribution in [0.1, 0.15) is 18.9 Å². The molecule has 0 fully saturated rings. The molecule has 1 aliphatic heterocycles. The van der Waals surface area contributed by atoms with Gasteiger partial charge in [0.1, 0.15) is 5.75 Å². The van der Waals surface area contributed by atoms with Crippen LogP contribution in [0.4, 0.5) is 0 Å². The number of likely N-dealkylation sites (N-methyl/N-ethyl adjacent to an activating group) is 1. The first kappa shape index (κ1) is 16.3. The van der Waals surface area contributed by atoms with E-state index in [2.05, 4.69) is 10.5 Å². The highest BCUT2D eigenvalue weighted by atomic mass is 16.7. The summed E-state index contributed by atoms with van der Waals surface area (Å²) in [5.41, 5.74) is 0.611. The van der Waals surface area contributed by atoms with Crippen LogP contribution in [0.5, 0.6) is 5.75 Å². The van der Waals surface area contributed by atoms with Crippen LogP contribution in [0, 0.1) is 0 Å². The second kappa shape index (κ2) is 6.79. The third-order valence-corrected chi connectivity index (χ3v) is 3.60. The lowest BCUT2D eigenvalue weighted by molar-refractivity contribution is -0.141. The predicted octanol–water partition coefficient (Wildman–Crippen LogP) is 1.26. The molecule has 1 amide bonds. The van der Waals surface area contributed by atoms with E-state index in [0.29, 0.717) is 13.0 Å². The molecule has 0 bridgehead atoms. The highest BCUT2D eigenvalue weighted by molar-refractivity contribution is 6.07. The van der Waals surface area contributed by atoms with E-state index in [-0.39, 0.29) is 5.91 Å². The van der Waals surface area contributed by atoms with E-state index < -0.39 is 5.60 Å². The fraction of sp³-hybridized carbons (Fsp3) is 0.500. The number of rotatable bonds is 6. The Bertz CT molecular complexity index is 572. The topological polar surface area (TPSA) is 63.2 Å². The van der Waals surface area contributed by atoms with Crippen LogP contribution in [0.15, 0.2) is 29.4 Å². The standard InChI is InChI=1S/C16H23N3O3/c1-16(15(20)17-9-10-19(2)3)11-13(18-22-16)12-7-5-6-8-14(12)21-4/h5-8H,9-11H2,1-4H3,(H,17,20)/t16-/m0/s1. The van der Waals surface area contributed by atoms with Crippen LogP contribution in [-0.2, 0) is 9.63 Å². The van der Waals surface area contributed by atoms with Gasteiger partial charge in [0.25, 0.3) is 5.91 Å². The van der Waals surface area contributed by atoms with Crippen molar-refractivity contribution in [3.8, 4) is 5.75 Å². The average molecular weight is 305 g/mol. The summed E-state index contributed by atoms with van der Waals surface area (Å²) < 4.78 is 5.34. The molecule has 2 rings (SSSR count). The first-order valence-corrected chi connectivity index (χ1v) is 7.28. The maximum Gasteiger partial charge on any atom is 0.267 e. The van der Waals surface area contributed by atoms with Gasteiger partial charge in [-0.25, -0.2) is 0 Å². The minimum Gasteiger partial charge on any atom is -0.496 e. The molecule has 22 heavy (non-hydrogen) atoms. The van der Waals surface area contributed by atoms with Crippen LogP contribution in [-0.4, -0.2) is 56.4 Å². The lowest BCUT2D eigenvalue weighted by Gasteiger charge is -2.21. The van der Waals surface area contributed by atoms with Gasteiger partial charge in [0.05, 0.1) is 12.8 Å². The molecule has 6 heteroatoms. The summed E-state index contributed by atoms with van der Waals surface area (Å²) in [6.07, 6.45) is 0.418. The first-order chi connectivity index (χ1) is 10.5. The van der Waals surface area contributed by atoms with Crippen LogP contribution < -0.4 is 10.1 Å². The molecule has 0 radical (unpaired) electrons. The van der Waals surface area contributed by atoms with Gasteiger partial charge in [-0.2, -0.15) is 0 Å². The summed E-state index contributed by atoms with van der Waals surface area (Å²) in [6.45, 7) is 3.11. The van der Waals surface area contributed by atoms with Crippen molar-refractivity contribution in [2.45, 2.75) is 18.9 Å². The Hall–Kier alpha value is -2.08. The monoisotopic (exact) mass is 305 g/mol. The summed E-state index contributed by atoms with van der Waals surface area (Å²) in [4.78, 5) is 19.8. The molecule has 0 aromatic heterocycles. The number of amides is 1. The largest absolute Gasteiger partial charge is 0.496 e. The number of oxime groups is 1. The molecule has 1 N–H and O–H groups in total. The summed E-state index contributed by atoms with van der Waals surface area (Å²) in [5, 5.41) is 6.98. The Balaban J connectivity index is 2.02. The normalized spacial score (nSPS) is 20.5. The molecule has 0 saturated carbocycles. The van der Waals surface area contributed by atoms with E-state index in [1.54, 1.807) is 14.0 Å². The summed E-state index contributed by atoms with van der Waals surface area (Å²) in [7, 11) is 5.54. The zero-order valence-corrected chi connectivity index (χ0v) is 13.5. The molecule has 1 atom stereocenters. The van der Waals surface area contributed by atoms with E-state index >= 15 is 0 Å². The van der Waals surface area contributed by atoms with Gasteiger partial charge in [-0.05, 0) is 33.2 Å². The van der Waals surface area contributed by atoms with Gasteiger partial charge < -0.3 is 19.8 Å². The van der Waals surface area contributed by atoms with Crippen molar-refractivity contribution >= 4 is 11.6 Å². The number of nitrogens with zero attached hydrogens (tertiary/aromatic N) is 2. The Morgan fingerprint density at radius 2 is 2.18 bits per heavy atom. The number of carbonyl (C=O) groups is 1. The fourth-order valence-corrected chi connectivity index (χ4v) is 2.27. The van der Waals surface area contributed by atoms with Gasteiger partial charge >= 0.3 is 0 Å². The second-order valence-corrected chi connectivity index (χ2v) is 5.80. The number of hydrogen-bond donors (Lipinski definition) is 1. The quantitative estimate of drug-likeness (QED) is 0.859. The lowest BCUT2D eigenvalue weighted by Crippen LogP contribution is -2.46. The second-order valence-electron chi connectivity index (χ2n) is 5.80. The number of para-hydroxylation sites is 1. The Kier molecular flexibility index (Phi) is 5.03. The van der Waals surface area contributed by atoms with Crippen LogP contribution >= 0.6 is 0 Å². The molecular formula is C16H23N3O3. The molecule has 0 unspecified atom stereocenters. The smallest absolute Gasteiger partial charge is 0.267 e. The average Bonchev–Trinajstić information content (AvgIpc) is 2.90. The molecule has 1 aromatic carbocycles. The van der Waals surface area contributed by atoms with Gasteiger partial charge in [0.15, 0.2) is 0 Å². The molecule has 6 nitrogen and oxygen atoms in total. The molecule has 0 aliphatic carbocycles. The molecule has 120 valence electrons. The van der Waals surface area contributed by atoms with Gasteiger partial charge in [-0.1, -0.05) is 17.3 Å². The summed E-state index contributed by atoms with van der Waals surface area (Å²) in [5.74, 6) is 0.574. The fourth-order valence-electron chi connectivity index (χ4n) is 2.27. The van der Waals surface area contributed by atoms with Crippen molar-refractivity contribution in [2.24, 2.45) is 5.16 Å². The number of hydrogen-bond acceptors (Lipinski definition) is 5. The number of ether oxygens (including phenoxy) is 1. The van der Waals surface area contributed by atoms with Crippen molar-refractivity contribution in [1.82, 2.24) is 10.2 Å². The predicted molar refractivity (Wildman–Crippen MR) is 85.2 cm³/mol. The number of methoxy groups -OCH3 is 1. The SMILES string of the molecule is COc1ccccc1C1=NO[C@](C)(C(=O)NCCN(C)C)C1. The summed E-state index contributed by atoms with van der Waals surface area (Å²) >= 11 is 0. The van der Waals surface area contributed by atoms with Crippen molar-refractivity contribution in [3.63, 3.8) is 0 Å². The van der Waals surface area contributed by atoms with Gasteiger partial charge in [0.2, 0.25) is 5.60 Å². The van der Waals surface area contributed by atoms with Crippen LogP contribution in [0.3, 0.4) is 0 Å². The molecule has 0 spiro atoms. The number of nitrogens with one attached hydrogen (secondary N) is 1. The van der Waals surface area contributed by atoms with Crippen LogP contribution in [0.2, 0.25) is 0 Å². The highest BCUT2D eigenvalue weighted by Gasteiger charge is 2.42. The van der Waals surface area contributed by atoms with Gasteiger partial charge in [-0.3, -0.25) is 4.79 Å². The molecule has 0 saturated heterocycles. The van der Waals surface area contributed by atoms with Crippen molar-refractivity contribution in [2.75, 3.05) is 34.3 Å².